The number of carbonyl (C=O) groups is 5. The lowest BCUT2D eigenvalue weighted by molar-refractivity contribution is -0.148. The minimum atomic E-state index is -1.42. The topological polar surface area (TPSA) is 153 Å². The molecule has 3 amide bonds. The van der Waals surface area contributed by atoms with E-state index in [9.17, 15) is 34.2 Å². The monoisotopic (exact) mass is 391 g/mol. The number of amides is 3. The first kappa shape index (κ1) is 20.9. The molecule has 1 aliphatic rings. The summed E-state index contributed by atoms with van der Waals surface area (Å²) in [7, 11) is 0. The van der Waals surface area contributed by atoms with E-state index in [1.54, 1.807) is 0 Å². The minimum absolute atomic E-state index is 0.0443. The highest BCUT2D eigenvalue weighted by molar-refractivity contribution is 6.10. The molecule has 0 spiro atoms. The molecule has 4 N–H and O–H groups in total. The van der Waals surface area contributed by atoms with Crippen LogP contribution in [0.5, 0.6) is 0 Å². The van der Waals surface area contributed by atoms with E-state index in [0.29, 0.717) is 12.8 Å². The Morgan fingerprint density at radius 1 is 1.18 bits per heavy atom. The van der Waals surface area contributed by atoms with Crippen molar-refractivity contribution in [3.05, 3.63) is 29.3 Å². The fourth-order valence-corrected chi connectivity index (χ4v) is 3.14. The van der Waals surface area contributed by atoms with Gasteiger partial charge in [0.15, 0.2) is 0 Å². The second kappa shape index (κ2) is 8.51. The third-order valence-electron chi connectivity index (χ3n) is 4.37. The lowest BCUT2D eigenvalue weighted by Gasteiger charge is -2.25. The van der Waals surface area contributed by atoms with Crippen LogP contribution in [0.3, 0.4) is 0 Å². The molecule has 0 bridgehead atoms. The molecule has 2 atom stereocenters. The molecular formula is C18H21N3O7. The summed E-state index contributed by atoms with van der Waals surface area (Å²) in [6, 6.07) is 2.01. The smallest absolute Gasteiger partial charge is 0.338 e. The number of carboxylic acid groups (broad SMARTS) is 2. The number of anilines is 1. The molecule has 1 fully saturated rings. The van der Waals surface area contributed by atoms with E-state index in [1.165, 1.54) is 36.9 Å². The van der Waals surface area contributed by atoms with Crippen LogP contribution < -0.4 is 10.6 Å². The van der Waals surface area contributed by atoms with Gasteiger partial charge < -0.3 is 25.7 Å². The standard InChI is InChI=1S/C18H21N3O7/c1-9(16(24)21-8-4-7-13(21)17(25)26)19-15(23)11-5-3-6-12(20-10(2)22)14(11)18(27)28/h3,5-6,9,13H,4,7-8H2,1-2H3,(H,19,23)(H,20,22)(H,25,26)(H,27,28)/t9-,13-/m0/s1. The molecule has 0 aromatic heterocycles. The van der Waals surface area contributed by atoms with Gasteiger partial charge in [0, 0.05) is 13.5 Å². The zero-order valence-corrected chi connectivity index (χ0v) is 15.4. The summed E-state index contributed by atoms with van der Waals surface area (Å²) >= 11 is 0. The molecular weight excluding hydrogens is 370 g/mol. The zero-order chi connectivity index (χ0) is 21.0. The van der Waals surface area contributed by atoms with E-state index in [4.69, 9.17) is 0 Å². The average molecular weight is 391 g/mol. The zero-order valence-electron chi connectivity index (χ0n) is 15.4. The van der Waals surface area contributed by atoms with E-state index in [1.807, 2.05) is 0 Å². The molecule has 28 heavy (non-hydrogen) atoms. The molecule has 150 valence electrons. The molecule has 1 aliphatic heterocycles. The van der Waals surface area contributed by atoms with Gasteiger partial charge in [-0.25, -0.2) is 9.59 Å². The van der Waals surface area contributed by atoms with Gasteiger partial charge in [0.05, 0.1) is 16.8 Å². The van der Waals surface area contributed by atoms with Crippen molar-refractivity contribution in [2.45, 2.75) is 38.8 Å². The highest BCUT2D eigenvalue weighted by Crippen LogP contribution is 2.22. The maximum absolute atomic E-state index is 12.6. The SMILES string of the molecule is CC(=O)Nc1cccc(C(=O)N[C@@H](C)C(=O)N2CCC[C@H]2C(=O)O)c1C(=O)O. The lowest BCUT2D eigenvalue weighted by Crippen LogP contribution is -2.50. The number of carboxylic acids is 2. The van der Waals surface area contributed by atoms with Crippen LogP contribution in [0.4, 0.5) is 5.69 Å². The highest BCUT2D eigenvalue weighted by atomic mass is 16.4. The number of hydrogen-bond donors (Lipinski definition) is 4. The molecule has 1 heterocycles. The number of benzene rings is 1. The molecule has 10 heteroatoms. The number of rotatable bonds is 6. The summed E-state index contributed by atoms with van der Waals surface area (Å²) in [5.74, 6) is -4.42. The third-order valence-corrected chi connectivity index (χ3v) is 4.37. The molecule has 2 rings (SSSR count). The van der Waals surface area contributed by atoms with Crippen molar-refractivity contribution >= 4 is 35.3 Å². The Morgan fingerprint density at radius 2 is 1.86 bits per heavy atom. The second-order valence-corrected chi connectivity index (χ2v) is 6.44. The Bertz CT molecular complexity index is 836. The number of nitrogens with zero attached hydrogens (tertiary/aromatic N) is 1. The molecule has 0 aliphatic carbocycles. The van der Waals surface area contributed by atoms with E-state index in [-0.39, 0.29) is 17.8 Å². The molecule has 1 aromatic carbocycles. The van der Waals surface area contributed by atoms with Crippen molar-refractivity contribution in [3.63, 3.8) is 0 Å². The van der Waals surface area contributed by atoms with Gasteiger partial charge in [-0.2, -0.15) is 0 Å². The summed E-state index contributed by atoms with van der Waals surface area (Å²) < 4.78 is 0. The van der Waals surface area contributed by atoms with Crippen molar-refractivity contribution in [2.75, 3.05) is 11.9 Å². The van der Waals surface area contributed by atoms with Gasteiger partial charge in [0.1, 0.15) is 12.1 Å². The number of hydrogen-bond acceptors (Lipinski definition) is 5. The number of carbonyl (C=O) groups excluding carboxylic acids is 3. The van der Waals surface area contributed by atoms with Crippen LogP contribution in [0, 0.1) is 0 Å². The summed E-state index contributed by atoms with van der Waals surface area (Å²) in [5, 5.41) is 23.4. The summed E-state index contributed by atoms with van der Waals surface area (Å²) in [5.41, 5.74) is -0.675. The number of likely N-dealkylation sites (tertiary alicyclic amines) is 1. The number of aliphatic carboxylic acids is 1. The van der Waals surface area contributed by atoms with Crippen molar-refractivity contribution in [1.82, 2.24) is 10.2 Å². The predicted octanol–water partition coefficient (Wildman–Crippen LogP) is 0.537. The Labute approximate surface area is 160 Å². The molecule has 10 nitrogen and oxygen atoms in total. The van der Waals surface area contributed by atoms with E-state index in [2.05, 4.69) is 10.6 Å². The van der Waals surface area contributed by atoms with Gasteiger partial charge in [-0.3, -0.25) is 14.4 Å². The number of aromatic carboxylic acids is 1. The van der Waals surface area contributed by atoms with Crippen LogP contribution >= 0.6 is 0 Å². The fraction of sp³-hybridized carbons (Fsp3) is 0.389. The number of nitrogens with one attached hydrogen (secondary N) is 2. The quantitative estimate of drug-likeness (QED) is 0.552. The summed E-state index contributed by atoms with van der Waals surface area (Å²) in [6.07, 6.45) is 0.884. The first-order valence-electron chi connectivity index (χ1n) is 8.61. The van der Waals surface area contributed by atoms with E-state index in [0.717, 1.165) is 0 Å². The van der Waals surface area contributed by atoms with Crippen molar-refractivity contribution in [3.8, 4) is 0 Å². The van der Waals surface area contributed by atoms with Gasteiger partial charge in [0.2, 0.25) is 11.8 Å². The lowest BCUT2D eigenvalue weighted by atomic mass is 10.0. The molecule has 0 radical (unpaired) electrons. The van der Waals surface area contributed by atoms with Crippen LogP contribution in [0.15, 0.2) is 18.2 Å². The van der Waals surface area contributed by atoms with Crippen LogP contribution in [0.1, 0.15) is 47.4 Å². The molecule has 1 aromatic rings. The van der Waals surface area contributed by atoms with Gasteiger partial charge in [-0.05, 0) is 31.9 Å². The maximum atomic E-state index is 12.6. The van der Waals surface area contributed by atoms with Gasteiger partial charge in [-0.1, -0.05) is 6.07 Å². The normalized spacial score (nSPS) is 16.9. The van der Waals surface area contributed by atoms with Crippen molar-refractivity contribution in [1.29, 1.82) is 0 Å². The summed E-state index contributed by atoms with van der Waals surface area (Å²) in [4.78, 5) is 60.4. The Hall–Kier alpha value is -3.43. The molecule has 0 unspecified atom stereocenters. The van der Waals surface area contributed by atoms with Crippen LogP contribution in [0.25, 0.3) is 0 Å². The van der Waals surface area contributed by atoms with Gasteiger partial charge in [0.25, 0.3) is 5.91 Å². The van der Waals surface area contributed by atoms with E-state index < -0.39 is 47.3 Å². The van der Waals surface area contributed by atoms with Gasteiger partial charge in [-0.15, -0.1) is 0 Å². The first-order chi connectivity index (χ1) is 13.1. The molecule has 0 saturated carbocycles. The maximum Gasteiger partial charge on any atom is 0.338 e. The highest BCUT2D eigenvalue weighted by Gasteiger charge is 2.36. The molecule has 1 saturated heterocycles. The van der Waals surface area contributed by atoms with Crippen LogP contribution in [-0.2, 0) is 14.4 Å². The second-order valence-electron chi connectivity index (χ2n) is 6.44. The Balaban J connectivity index is 2.22. The third kappa shape index (κ3) is 4.45. The van der Waals surface area contributed by atoms with Crippen molar-refractivity contribution in [2.24, 2.45) is 0 Å². The van der Waals surface area contributed by atoms with Crippen LogP contribution in [-0.4, -0.2) is 63.4 Å². The largest absolute Gasteiger partial charge is 0.480 e. The predicted molar refractivity (Wildman–Crippen MR) is 97.0 cm³/mol. The van der Waals surface area contributed by atoms with Crippen molar-refractivity contribution < 1.29 is 34.2 Å². The van der Waals surface area contributed by atoms with Gasteiger partial charge >= 0.3 is 11.9 Å². The van der Waals surface area contributed by atoms with Crippen LogP contribution in [0.2, 0.25) is 0 Å². The fourth-order valence-electron chi connectivity index (χ4n) is 3.14. The first-order valence-corrected chi connectivity index (χ1v) is 8.61. The Kier molecular flexibility index (Phi) is 6.34. The summed E-state index contributed by atoms with van der Waals surface area (Å²) in [6.45, 7) is 2.87. The minimum Gasteiger partial charge on any atom is -0.480 e. The van der Waals surface area contributed by atoms with E-state index >= 15 is 0 Å². The Morgan fingerprint density at radius 3 is 2.43 bits per heavy atom. The average Bonchev–Trinajstić information content (AvgIpc) is 3.09.